The highest BCUT2D eigenvalue weighted by atomic mass is 19.3. The zero-order chi connectivity index (χ0) is 7.90. The van der Waals surface area contributed by atoms with Gasteiger partial charge in [0.2, 0.25) is 0 Å². The van der Waals surface area contributed by atoms with Crippen molar-refractivity contribution in [2.24, 2.45) is 0 Å². The van der Waals surface area contributed by atoms with E-state index in [9.17, 15) is 8.78 Å². The highest BCUT2D eigenvalue weighted by Gasteiger charge is 2.34. The van der Waals surface area contributed by atoms with Crippen LogP contribution in [0.25, 0.3) is 0 Å². The Hall–Kier alpha value is -0.860. The van der Waals surface area contributed by atoms with Gasteiger partial charge in [-0.2, -0.15) is 0 Å². The number of halogens is 2. The molecule has 0 aromatic carbocycles. The van der Waals surface area contributed by atoms with E-state index in [1.54, 1.807) is 12.3 Å². The fourth-order valence-corrected chi connectivity index (χ4v) is 1.51. The van der Waals surface area contributed by atoms with Crippen molar-refractivity contribution in [3.63, 3.8) is 0 Å². The molecule has 0 unspecified atom stereocenters. The van der Waals surface area contributed by atoms with E-state index < -0.39 is 5.92 Å². The molecule has 0 saturated heterocycles. The van der Waals surface area contributed by atoms with Gasteiger partial charge < -0.3 is 4.98 Å². The second-order valence-corrected chi connectivity index (χ2v) is 3.01. The van der Waals surface area contributed by atoms with Crippen LogP contribution in [-0.2, 0) is 12.8 Å². The number of H-pyrrole nitrogens is 1. The lowest BCUT2D eigenvalue weighted by molar-refractivity contribution is -0.0124. The number of fused-ring (bicyclic) bond motifs is 1. The molecule has 0 radical (unpaired) electrons. The molecule has 1 nitrogen and oxygen atoms in total. The van der Waals surface area contributed by atoms with E-state index >= 15 is 0 Å². The van der Waals surface area contributed by atoms with Crippen molar-refractivity contribution < 1.29 is 8.78 Å². The molecule has 1 aliphatic carbocycles. The molecule has 0 saturated carbocycles. The summed E-state index contributed by atoms with van der Waals surface area (Å²) in [4.78, 5) is 2.96. The third-order valence-corrected chi connectivity index (χ3v) is 2.12. The minimum atomic E-state index is -2.48. The molecule has 1 aromatic rings. The molecule has 0 spiro atoms. The maximum atomic E-state index is 12.7. The predicted molar refractivity (Wildman–Crippen MR) is 37.8 cm³/mol. The van der Waals surface area contributed by atoms with Gasteiger partial charge in [0.1, 0.15) is 0 Å². The Morgan fingerprint density at radius 1 is 1.45 bits per heavy atom. The molecule has 3 heteroatoms. The first-order valence-corrected chi connectivity index (χ1v) is 3.70. The van der Waals surface area contributed by atoms with E-state index in [0.29, 0.717) is 6.42 Å². The van der Waals surface area contributed by atoms with E-state index in [1.807, 2.05) is 0 Å². The lowest BCUT2D eigenvalue weighted by atomic mass is 9.95. The highest BCUT2D eigenvalue weighted by molar-refractivity contribution is 5.25. The number of hydrogen-bond donors (Lipinski definition) is 1. The number of aryl methyl sites for hydroxylation is 1. The molecular weight excluding hydrogens is 148 g/mol. The van der Waals surface area contributed by atoms with Crippen LogP contribution in [0.1, 0.15) is 17.7 Å². The van der Waals surface area contributed by atoms with Gasteiger partial charge in [0.05, 0.1) is 0 Å². The van der Waals surface area contributed by atoms with Gasteiger partial charge in [-0.3, -0.25) is 0 Å². The summed E-state index contributed by atoms with van der Waals surface area (Å²) in [6.07, 6.45) is 2.10. The van der Waals surface area contributed by atoms with Crippen molar-refractivity contribution in [2.75, 3.05) is 0 Å². The molecular formula is C8H9F2N. The summed E-state index contributed by atoms with van der Waals surface area (Å²) >= 11 is 0. The van der Waals surface area contributed by atoms with Crippen molar-refractivity contribution in [3.05, 3.63) is 23.5 Å². The lowest BCUT2D eigenvalue weighted by Crippen LogP contribution is -2.25. The Morgan fingerprint density at radius 3 is 3.09 bits per heavy atom. The number of hydrogen-bond acceptors (Lipinski definition) is 0. The summed E-state index contributed by atoms with van der Waals surface area (Å²) in [5, 5.41) is 0. The van der Waals surface area contributed by atoms with Crippen LogP contribution < -0.4 is 0 Å². The van der Waals surface area contributed by atoms with E-state index in [4.69, 9.17) is 0 Å². The number of rotatable bonds is 0. The third-order valence-electron chi connectivity index (χ3n) is 2.12. The molecule has 1 N–H and O–H groups in total. The number of nitrogens with one attached hydrogen (secondary N) is 1. The van der Waals surface area contributed by atoms with Crippen LogP contribution in [0, 0.1) is 0 Å². The molecule has 0 atom stereocenters. The van der Waals surface area contributed by atoms with Gasteiger partial charge in [0.25, 0.3) is 5.92 Å². The monoisotopic (exact) mass is 157 g/mol. The third kappa shape index (κ3) is 1.15. The van der Waals surface area contributed by atoms with Crippen LogP contribution in [0.3, 0.4) is 0 Å². The fraction of sp³-hybridized carbons (Fsp3) is 0.500. The standard InChI is InChI=1S/C8H9F2N/c9-8(10)3-1-7-6(5-8)2-4-11-7/h2,4,11H,1,3,5H2. The summed E-state index contributed by atoms with van der Waals surface area (Å²) < 4.78 is 25.5. The van der Waals surface area contributed by atoms with Gasteiger partial charge in [-0.15, -0.1) is 0 Å². The van der Waals surface area contributed by atoms with Crippen LogP contribution >= 0.6 is 0 Å². The van der Waals surface area contributed by atoms with E-state index in [1.165, 1.54) is 0 Å². The van der Waals surface area contributed by atoms with E-state index in [0.717, 1.165) is 11.3 Å². The van der Waals surface area contributed by atoms with Crippen molar-refractivity contribution in [1.82, 2.24) is 4.98 Å². The van der Waals surface area contributed by atoms with Crippen molar-refractivity contribution in [3.8, 4) is 0 Å². The smallest absolute Gasteiger partial charge is 0.252 e. The summed E-state index contributed by atoms with van der Waals surface area (Å²) in [5.41, 5.74) is 1.76. The van der Waals surface area contributed by atoms with Crippen molar-refractivity contribution in [2.45, 2.75) is 25.2 Å². The average Bonchev–Trinajstić information content (AvgIpc) is 2.31. The van der Waals surface area contributed by atoms with Crippen LogP contribution in [-0.4, -0.2) is 10.9 Å². The Morgan fingerprint density at radius 2 is 2.27 bits per heavy atom. The minimum Gasteiger partial charge on any atom is -0.365 e. The zero-order valence-electron chi connectivity index (χ0n) is 6.03. The molecule has 0 bridgehead atoms. The Labute approximate surface area is 63.4 Å². The second-order valence-electron chi connectivity index (χ2n) is 3.01. The van der Waals surface area contributed by atoms with Crippen LogP contribution in [0.15, 0.2) is 12.3 Å². The maximum absolute atomic E-state index is 12.7. The zero-order valence-corrected chi connectivity index (χ0v) is 6.03. The Kier molecular flexibility index (Phi) is 1.28. The SMILES string of the molecule is FC1(F)CCc2[nH]ccc2C1. The quantitative estimate of drug-likeness (QED) is 0.593. The van der Waals surface area contributed by atoms with Crippen LogP contribution in [0.4, 0.5) is 8.78 Å². The second kappa shape index (κ2) is 2.06. The first-order chi connectivity index (χ1) is 5.17. The molecule has 2 rings (SSSR count). The first-order valence-electron chi connectivity index (χ1n) is 3.70. The normalized spacial score (nSPS) is 21.3. The maximum Gasteiger partial charge on any atom is 0.252 e. The number of alkyl halides is 2. The Balaban J connectivity index is 2.32. The van der Waals surface area contributed by atoms with Gasteiger partial charge >= 0.3 is 0 Å². The summed E-state index contributed by atoms with van der Waals surface area (Å²) in [7, 11) is 0. The van der Waals surface area contributed by atoms with Gasteiger partial charge in [-0.05, 0) is 18.1 Å². The molecule has 0 aliphatic heterocycles. The highest BCUT2D eigenvalue weighted by Crippen LogP contribution is 2.31. The van der Waals surface area contributed by atoms with Crippen molar-refractivity contribution in [1.29, 1.82) is 0 Å². The molecule has 11 heavy (non-hydrogen) atoms. The predicted octanol–water partition coefficient (Wildman–Crippen LogP) is 2.14. The average molecular weight is 157 g/mol. The fourth-order valence-electron chi connectivity index (χ4n) is 1.51. The Bertz CT molecular complexity index is 265. The van der Waals surface area contributed by atoms with Gasteiger partial charge in [-0.25, -0.2) is 8.78 Å². The molecule has 60 valence electrons. The molecule has 0 fully saturated rings. The summed E-state index contributed by atoms with van der Waals surface area (Å²) in [5.74, 6) is -2.48. The van der Waals surface area contributed by atoms with Gasteiger partial charge in [0, 0.05) is 24.7 Å². The number of aromatic nitrogens is 1. The van der Waals surface area contributed by atoms with E-state index in [2.05, 4.69) is 4.98 Å². The van der Waals surface area contributed by atoms with Gasteiger partial charge in [-0.1, -0.05) is 0 Å². The first kappa shape index (κ1) is 6.83. The summed E-state index contributed by atoms with van der Waals surface area (Å²) in [6, 6.07) is 1.74. The summed E-state index contributed by atoms with van der Waals surface area (Å²) in [6.45, 7) is 0. The molecule has 1 aliphatic rings. The van der Waals surface area contributed by atoms with Gasteiger partial charge in [0.15, 0.2) is 0 Å². The lowest BCUT2D eigenvalue weighted by Gasteiger charge is -2.21. The minimum absolute atomic E-state index is 0.0134. The van der Waals surface area contributed by atoms with Crippen LogP contribution in [0.2, 0.25) is 0 Å². The topological polar surface area (TPSA) is 15.8 Å². The molecule has 1 heterocycles. The molecule has 1 aromatic heterocycles. The number of aromatic amines is 1. The van der Waals surface area contributed by atoms with Crippen LogP contribution in [0.5, 0.6) is 0 Å². The largest absolute Gasteiger partial charge is 0.365 e. The molecule has 0 amide bonds. The van der Waals surface area contributed by atoms with E-state index in [-0.39, 0.29) is 12.8 Å². The van der Waals surface area contributed by atoms with Crippen molar-refractivity contribution >= 4 is 0 Å².